The summed E-state index contributed by atoms with van der Waals surface area (Å²) in [5.41, 5.74) is 2.96. The summed E-state index contributed by atoms with van der Waals surface area (Å²) >= 11 is 6.41. The first-order valence-corrected chi connectivity index (χ1v) is 12.9. The number of carbonyl (C=O) groups is 1. The highest BCUT2D eigenvalue weighted by atomic mass is 35.5. The van der Waals surface area contributed by atoms with Crippen molar-refractivity contribution in [2.45, 2.75) is 32.4 Å². The number of ether oxygens (including phenoxy) is 1. The van der Waals surface area contributed by atoms with Crippen molar-refractivity contribution >= 4 is 34.4 Å². The number of nitrogens with zero attached hydrogens (tertiary/aromatic N) is 5. The molecular weight excluding hydrogens is 502 g/mol. The maximum Gasteiger partial charge on any atom is 0.410 e. The molecule has 4 aromatic rings. The maximum absolute atomic E-state index is 13.0. The molecule has 0 saturated carbocycles. The molecule has 0 spiro atoms. The van der Waals surface area contributed by atoms with Crippen LogP contribution in [0.3, 0.4) is 0 Å². The van der Waals surface area contributed by atoms with E-state index in [2.05, 4.69) is 27.0 Å². The van der Waals surface area contributed by atoms with E-state index < -0.39 is 5.60 Å². The van der Waals surface area contributed by atoms with Crippen LogP contribution in [0.2, 0.25) is 5.28 Å². The molecule has 196 valence electrons. The maximum atomic E-state index is 13.0. The zero-order valence-electron chi connectivity index (χ0n) is 21.9. The van der Waals surface area contributed by atoms with E-state index in [0.717, 1.165) is 27.6 Å². The van der Waals surface area contributed by atoms with Gasteiger partial charge in [-0.2, -0.15) is 4.98 Å². The highest BCUT2D eigenvalue weighted by Gasteiger charge is 2.34. The molecule has 8 nitrogen and oxygen atoms in total. The minimum absolute atomic E-state index is 0.0705. The molecule has 1 fully saturated rings. The van der Waals surface area contributed by atoms with Gasteiger partial charge in [-0.1, -0.05) is 36.4 Å². The van der Waals surface area contributed by atoms with Crippen LogP contribution < -0.4 is 10.5 Å². The quantitative estimate of drug-likeness (QED) is 0.327. The second-order valence-electron chi connectivity index (χ2n) is 10.5. The number of amides is 1. The molecule has 1 amide bonds. The Morgan fingerprint density at radius 1 is 1.00 bits per heavy atom. The van der Waals surface area contributed by atoms with Crippen LogP contribution in [-0.2, 0) is 11.8 Å². The molecule has 1 unspecified atom stereocenters. The Morgan fingerprint density at radius 2 is 1.74 bits per heavy atom. The van der Waals surface area contributed by atoms with Crippen LogP contribution in [0.1, 0.15) is 32.4 Å². The lowest BCUT2D eigenvalue weighted by atomic mass is 10.0. The summed E-state index contributed by atoms with van der Waals surface area (Å²) in [5, 5.41) is 0.996. The van der Waals surface area contributed by atoms with Crippen LogP contribution in [0, 0.1) is 0 Å². The van der Waals surface area contributed by atoms with E-state index in [4.69, 9.17) is 16.3 Å². The van der Waals surface area contributed by atoms with Crippen LogP contribution in [0.15, 0.2) is 71.7 Å². The van der Waals surface area contributed by atoms with E-state index >= 15 is 0 Å². The van der Waals surface area contributed by atoms with E-state index in [1.807, 2.05) is 69.4 Å². The van der Waals surface area contributed by atoms with Crippen molar-refractivity contribution in [1.82, 2.24) is 19.4 Å². The van der Waals surface area contributed by atoms with E-state index in [1.165, 1.54) is 0 Å². The Morgan fingerprint density at radius 3 is 2.45 bits per heavy atom. The number of pyridine rings is 1. The number of aromatic nitrogens is 3. The fraction of sp³-hybridized carbons (Fsp3) is 0.310. The van der Waals surface area contributed by atoms with Crippen LogP contribution in [0.4, 0.5) is 10.6 Å². The molecule has 1 aliphatic rings. The number of fused-ring (bicyclic) bond motifs is 1. The third-order valence-electron chi connectivity index (χ3n) is 6.56. The molecule has 5 rings (SSSR count). The van der Waals surface area contributed by atoms with E-state index in [1.54, 1.807) is 22.6 Å². The monoisotopic (exact) mass is 531 g/mol. The number of rotatable bonds is 3. The summed E-state index contributed by atoms with van der Waals surface area (Å²) in [4.78, 5) is 38.0. The highest BCUT2D eigenvalue weighted by molar-refractivity contribution is 6.28. The fourth-order valence-electron chi connectivity index (χ4n) is 4.74. The smallest absolute Gasteiger partial charge is 0.410 e. The predicted octanol–water partition coefficient (Wildman–Crippen LogP) is 5.45. The second-order valence-corrected chi connectivity index (χ2v) is 10.8. The normalized spacial score (nSPS) is 16.1. The van der Waals surface area contributed by atoms with Crippen LogP contribution in [-0.4, -0.2) is 50.8 Å². The van der Waals surface area contributed by atoms with Crippen molar-refractivity contribution in [2.75, 3.05) is 24.5 Å². The molecule has 3 heterocycles. The molecule has 2 aromatic carbocycles. The summed E-state index contributed by atoms with van der Waals surface area (Å²) in [6, 6.07) is 19.2. The Labute approximate surface area is 226 Å². The average Bonchev–Trinajstić information content (AvgIpc) is 2.89. The summed E-state index contributed by atoms with van der Waals surface area (Å²) < 4.78 is 7.23. The van der Waals surface area contributed by atoms with Gasteiger partial charge in [-0.25, -0.2) is 9.78 Å². The van der Waals surface area contributed by atoms with Crippen molar-refractivity contribution in [3.05, 3.63) is 88.1 Å². The number of halogens is 1. The van der Waals surface area contributed by atoms with Crippen LogP contribution >= 0.6 is 11.6 Å². The Kier molecular flexibility index (Phi) is 6.84. The third-order valence-corrected chi connectivity index (χ3v) is 6.72. The summed E-state index contributed by atoms with van der Waals surface area (Å²) in [6.45, 7) is 7.04. The predicted molar refractivity (Wildman–Crippen MR) is 150 cm³/mol. The van der Waals surface area contributed by atoms with Gasteiger partial charge in [-0.15, -0.1) is 0 Å². The first-order chi connectivity index (χ1) is 18.1. The van der Waals surface area contributed by atoms with Gasteiger partial charge in [0.25, 0.3) is 0 Å². The SMILES string of the molecule is Cn1cc(-c2ccc3nc(Cl)nc(N4CCN(C(=O)OC(C)(C)C)CC4c4ccccc4)c3c2)ccc1=O. The molecule has 9 heteroatoms. The van der Waals surface area contributed by atoms with Gasteiger partial charge in [0, 0.05) is 44.3 Å². The lowest BCUT2D eigenvalue weighted by Crippen LogP contribution is -2.52. The van der Waals surface area contributed by atoms with Gasteiger partial charge >= 0.3 is 6.09 Å². The minimum atomic E-state index is -0.579. The Bertz CT molecular complexity index is 1550. The molecule has 1 saturated heterocycles. The van der Waals surface area contributed by atoms with Gasteiger partial charge < -0.3 is 19.1 Å². The van der Waals surface area contributed by atoms with Crippen molar-refractivity contribution in [3.63, 3.8) is 0 Å². The zero-order chi connectivity index (χ0) is 27.0. The van der Waals surface area contributed by atoms with E-state index in [0.29, 0.717) is 25.5 Å². The largest absolute Gasteiger partial charge is 0.444 e. The van der Waals surface area contributed by atoms with Crippen molar-refractivity contribution in [2.24, 2.45) is 7.05 Å². The van der Waals surface area contributed by atoms with E-state index in [9.17, 15) is 9.59 Å². The van der Waals surface area contributed by atoms with Crippen molar-refractivity contribution < 1.29 is 9.53 Å². The third kappa shape index (κ3) is 5.36. The van der Waals surface area contributed by atoms with Gasteiger partial charge in [0.05, 0.1) is 11.6 Å². The number of anilines is 1. The van der Waals surface area contributed by atoms with Gasteiger partial charge in [0.15, 0.2) is 0 Å². The number of piperazine rings is 1. The van der Waals surface area contributed by atoms with Gasteiger partial charge in [-0.05, 0) is 67.3 Å². The number of aryl methyl sites for hydroxylation is 1. The summed E-state index contributed by atoms with van der Waals surface area (Å²) in [7, 11) is 1.73. The summed E-state index contributed by atoms with van der Waals surface area (Å²) in [6.07, 6.45) is 1.48. The zero-order valence-corrected chi connectivity index (χ0v) is 22.6. The Hall–Kier alpha value is -3.91. The van der Waals surface area contributed by atoms with Crippen LogP contribution in [0.25, 0.3) is 22.0 Å². The molecule has 38 heavy (non-hydrogen) atoms. The number of carbonyl (C=O) groups excluding carboxylic acids is 1. The van der Waals surface area contributed by atoms with Gasteiger partial charge in [0.2, 0.25) is 10.8 Å². The average molecular weight is 532 g/mol. The standard InChI is InChI=1S/C29H30ClN5O3/c1-29(2,3)38-28(37)34-14-15-35(24(18-34)19-8-6-5-7-9-19)26-22-16-20(10-12-23(22)31-27(30)32-26)21-11-13-25(36)33(4)17-21/h5-13,16-17,24H,14-15,18H2,1-4H3. The molecule has 1 aliphatic heterocycles. The molecule has 0 bridgehead atoms. The lowest BCUT2D eigenvalue weighted by molar-refractivity contribution is 0.0213. The lowest BCUT2D eigenvalue weighted by Gasteiger charge is -2.42. The first kappa shape index (κ1) is 25.7. The van der Waals surface area contributed by atoms with Crippen molar-refractivity contribution in [1.29, 1.82) is 0 Å². The fourth-order valence-corrected chi connectivity index (χ4v) is 4.91. The van der Waals surface area contributed by atoms with Gasteiger partial charge in [-0.3, -0.25) is 4.79 Å². The number of hydrogen-bond acceptors (Lipinski definition) is 6. The highest BCUT2D eigenvalue weighted by Crippen LogP contribution is 2.36. The second kappa shape index (κ2) is 10.1. The molecule has 0 aliphatic carbocycles. The van der Waals surface area contributed by atoms with E-state index in [-0.39, 0.29) is 23.0 Å². The minimum Gasteiger partial charge on any atom is -0.444 e. The molecular formula is C29H30ClN5O3. The van der Waals surface area contributed by atoms with Crippen LogP contribution in [0.5, 0.6) is 0 Å². The summed E-state index contributed by atoms with van der Waals surface area (Å²) in [5.74, 6) is 0.698. The van der Waals surface area contributed by atoms with Crippen molar-refractivity contribution in [3.8, 4) is 11.1 Å². The number of hydrogen-bond donors (Lipinski definition) is 0. The molecule has 0 radical (unpaired) electrons. The molecule has 0 N–H and O–H groups in total. The first-order valence-electron chi connectivity index (χ1n) is 12.5. The topological polar surface area (TPSA) is 80.6 Å². The molecule has 2 aromatic heterocycles. The van der Waals surface area contributed by atoms with Gasteiger partial charge in [0.1, 0.15) is 11.4 Å². The Balaban J connectivity index is 1.59. The molecule has 1 atom stereocenters. The number of benzene rings is 2.